The zero-order valence-electron chi connectivity index (χ0n) is 5.35. The Morgan fingerprint density at radius 3 is 3.00 bits per heavy atom. The lowest BCUT2D eigenvalue weighted by Crippen LogP contribution is -1.94. The van der Waals surface area contributed by atoms with Crippen LogP contribution in [0.1, 0.15) is 26.2 Å². The summed E-state index contributed by atoms with van der Waals surface area (Å²) in [5, 5.41) is 2.11. The van der Waals surface area contributed by atoms with E-state index in [9.17, 15) is 0 Å². The molecule has 1 fully saturated rings. The maximum Gasteiger partial charge on any atom is 0.0758 e. The zero-order chi connectivity index (χ0) is 5.82. The molecule has 0 amide bonds. The zero-order valence-corrected chi connectivity index (χ0v) is 5.35. The van der Waals surface area contributed by atoms with Crippen LogP contribution in [-0.4, -0.2) is 11.7 Å². The monoisotopic (exact) mass is 113 g/mol. The minimum Gasteiger partial charge on any atom is -0.238 e. The van der Waals surface area contributed by atoms with E-state index in [1.165, 1.54) is 19.3 Å². The number of nitrogens with zero attached hydrogens (tertiary/aromatic N) is 1. The number of nitrogens with one attached hydrogen (secondary N) is 1. The van der Waals surface area contributed by atoms with Crippen molar-refractivity contribution in [2.24, 2.45) is 0 Å². The Morgan fingerprint density at radius 1 is 1.75 bits per heavy atom. The molecule has 2 heteroatoms. The van der Waals surface area contributed by atoms with Gasteiger partial charge in [-0.3, -0.25) is 0 Å². The van der Waals surface area contributed by atoms with E-state index in [-0.39, 0.29) is 0 Å². The van der Waals surface area contributed by atoms with Crippen LogP contribution in [-0.2, 0) is 0 Å². The van der Waals surface area contributed by atoms with Crippen molar-refractivity contribution >= 4 is 0 Å². The highest BCUT2D eigenvalue weighted by molar-refractivity contribution is 4.70. The van der Waals surface area contributed by atoms with Crippen molar-refractivity contribution in [2.75, 3.05) is 6.67 Å². The molecule has 1 aliphatic rings. The standard InChI is InChI=1S/C6H13N2/c1-2-3-4-5-8-6-7-8/h5,7H,2-4,6H2,1H3. The SMILES string of the molecule is CCCC[CH]N1CN1. The lowest BCUT2D eigenvalue weighted by Gasteiger charge is -1.93. The Bertz CT molecular complexity index is 59.5. The van der Waals surface area contributed by atoms with Crippen LogP contribution in [0.5, 0.6) is 0 Å². The maximum atomic E-state index is 3.07. The van der Waals surface area contributed by atoms with E-state index in [1.807, 2.05) is 0 Å². The molecule has 1 atom stereocenters. The van der Waals surface area contributed by atoms with E-state index in [0.29, 0.717) is 0 Å². The Labute approximate surface area is 50.8 Å². The quantitative estimate of drug-likeness (QED) is 0.436. The Hall–Kier alpha value is -0.0800. The largest absolute Gasteiger partial charge is 0.238 e. The van der Waals surface area contributed by atoms with Gasteiger partial charge in [-0.05, 0) is 6.42 Å². The molecule has 1 N–H and O–H groups in total. The van der Waals surface area contributed by atoms with Crippen LogP contribution in [0.15, 0.2) is 0 Å². The van der Waals surface area contributed by atoms with Gasteiger partial charge in [0.2, 0.25) is 0 Å². The third-order valence-electron chi connectivity index (χ3n) is 1.25. The second kappa shape index (κ2) is 3.05. The van der Waals surface area contributed by atoms with Gasteiger partial charge in [-0.1, -0.05) is 19.8 Å². The summed E-state index contributed by atoms with van der Waals surface area (Å²) in [6, 6.07) is 0. The second-order valence-electron chi connectivity index (χ2n) is 2.11. The molecule has 0 aromatic heterocycles. The van der Waals surface area contributed by atoms with Crippen molar-refractivity contribution in [3.05, 3.63) is 6.54 Å². The first kappa shape index (κ1) is 6.05. The number of hydrogen-bond donors (Lipinski definition) is 1. The van der Waals surface area contributed by atoms with Gasteiger partial charge in [0.25, 0.3) is 0 Å². The molecule has 1 unspecified atom stereocenters. The van der Waals surface area contributed by atoms with Gasteiger partial charge >= 0.3 is 0 Å². The van der Waals surface area contributed by atoms with Crippen LogP contribution < -0.4 is 5.43 Å². The van der Waals surface area contributed by atoms with Crippen LogP contribution in [0.2, 0.25) is 0 Å². The van der Waals surface area contributed by atoms with Gasteiger partial charge < -0.3 is 0 Å². The van der Waals surface area contributed by atoms with Gasteiger partial charge in [0.05, 0.1) is 6.67 Å². The first-order valence-corrected chi connectivity index (χ1v) is 3.27. The molecule has 0 spiro atoms. The summed E-state index contributed by atoms with van der Waals surface area (Å²) >= 11 is 0. The Balaban J connectivity index is 1.74. The number of hydrogen-bond acceptors (Lipinski definition) is 2. The minimum absolute atomic E-state index is 1.06. The molecule has 0 aromatic rings. The van der Waals surface area contributed by atoms with Crippen molar-refractivity contribution < 1.29 is 0 Å². The average Bonchev–Trinajstić information content (AvgIpc) is 2.51. The second-order valence-corrected chi connectivity index (χ2v) is 2.11. The van der Waals surface area contributed by atoms with Gasteiger partial charge in [-0.25, -0.2) is 10.4 Å². The summed E-state index contributed by atoms with van der Waals surface area (Å²) < 4.78 is 0. The summed E-state index contributed by atoms with van der Waals surface area (Å²) in [6.07, 6.45) is 3.84. The van der Waals surface area contributed by atoms with Crippen molar-refractivity contribution in [2.45, 2.75) is 26.2 Å². The summed E-state index contributed by atoms with van der Waals surface area (Å²) in [5.74, 6) is 0. The van der Waals surface area contributed by atoms with Crippen molar-refractivity contribution in [3.8, 4) is 0 Å². The van der Waals surface area contributed by atoms with Gasteiger partial charge in [0.1, 0.15) is 0 Å². The summed E-state index contributed by atoms with van der Waals surface area (Å²) in [5.41, 5.74) is 3.07. The Kier molecular flexibility index (Phi) is 2.30. The number of unbranched alkanes of at least 4 members (excludes halogenated alkanes) is 2. The number of rotatable bonds is 4. The highest BCUT2D eigenvalue weighted by Gasteiger charge is 2.13. The molecule has 0 aliphatic carbocycles. The normalized spacial score (nSPS) is 25.9. The molecule has 47 valence electrons. The summed E-state index contributed by atoms with van der Waals surface area (Å²) in [4.78, 5) is 0. The van der Waals surface area contributed by atoms with Crippen molar-refractivity contribution in [1.29, 1.82) is 0 Å². The molecule has 1 aliphatic heterocycles. The highest BCUT2D eigenvalue weighted by Crippen LogP contribution is 2.04. The molecule has 1 rings (SSSR count). The van der Waals surface area contributed by atoms with Gasteiger partial charge in [-0.15, -0.1) is 0 Å². The molecule has 8 heavy (non-hydrogen) atoms. The minimum atomic E-state index is 1.06. The van der Waals surface area contributed by atoms with E-state index >= 15 is 0 Å². The summed E-state index contributed by atoms with van der Waals surface area (Å²) in [7, 11) is 0. The molecular formula is C6H13N2. The molecule has 0 bridgehead atoms. The van der Waals surface area contributed by atoms with E-state index in [0.717, 1.165) is 6.67 Å². The topological polar surface area (TPSA) is 25.0 Å². The first-order chi connectivity index (χ1) is 3.93. The predicted molar refractivity (Wildman–Crippen MR) is 33.7 cm³/mol. The van der Waals surface area contributed by atoms with Crippen LogP contribution >= 0.6 is 0 Å². The predicted octanol–water partition coefficient (Wildman–Crippen LogP) is 1.12. The van der Waals surface area contributed by atoms with Crippen molar-refractivity contribution in [3.63, 3.8) is 0 Å². The van der Waals surface area contributed by atoms with Crippen LogP contribution in [0.3, 0.4) is 0 Å². The summed E-state index contributed by atoms with van der Waals surface area (Å²) in [6.45, 7) is 5.48. The lowest BCUT2D eigenvalue weighted by atomic mass is 10.2. The third kappa shape index (κ3) is 2.28. The molecule has 1 saturated heterocycles. The molecule has 0 saturated carbocycles. The lowest BCUT2D eigenvalue weighted by molar-refractivity contribution is 0.567. The fraction of sp³-hybridized carbons (Fsp3) is 0.833. The van der Waals surface area contributed by atoms with Crippen LogP contribution in [0, 0.1) is 6.54 Å². The molecule has 1 radical (unpaired) electrons. The third-order valence-corrected chi connectivity index (χ3v) is 1.25. The molecular weight excluding hydrogens is 100 g/mol. The van der Waals surface area contributed by atoms with Gasteiger partial charge in [-0.2, -0.15) is 0 Å². The average molecular weight is 113 g/mol. The molecule has 2 nitrogen and oxygen atoms in total. The maximum absolute atomic E-state index is 3.07. The number of hydrazine groups is 1. The van der Waals surface area contributed by atoms with E-state index < -0.39 is 0 Å². The van der Waals surface area contributed by atoms with Crippen LogP contribution in [0.4, 0.5) is 0 Å². The first-order valence-electron chi connectivity index (χ1n) is 3.27. The van der Waals surface area contributed by atoms with Crippen molar-refractivity contribution in [1.82, 2.24) is 10.4 Å². The molecule has 1 heterocycles. The Morgan fingerprint density at radius 2 is 2.50 bits per heavy atom. The highest BCUT2D eigenvalue weighted by atomic mass is 15.7. The van der Waals surface area contributed by atoms with Crippen LogP contribution in [0.25, 0.3) is 0 Å². The molecule has 0 aromatic carbocycles. The van der Waals surface area contributed by atoms with E-state index in [2.05, 4.69) is 23.9 Å². The van der Waals surface area contributed by atoms with Gasteiger partial charge in [0.15, 0.2) is 0 Å². The van der Waals surface area contributed by atoms with E-state index in [1.54, 1.807) is 0 Å². The van der Waals surface area contributed by atoms with E-state index in [4.69, 9.17) is 0 Å². The fourth-order valence-electron chi connectivity index (χ4n) is 0.621. The smallest absolute Gasteiger partial charge is 0.0758 e. The van der Waals surface area contributed by atoms with Gasteiger partial charge in [0, 0.05) is 6.54 Å². The fourth-order valence-corrected chi connectivity index (χ4v) is 0.621.